The topological polar surface area (TPSA) is 68.9 Å². The summed E-state index contributed by atoms with van der Waals surface area (Å²) >= 11 is 0. The molecule has 5 nitrogen and oxygen atoms in total. The molecule has 0 bridgehead atoms. The van der Waals surface area contributed by atoms with Gasteiger partial charge in [0.2, 0.25) is 0 Å². The van der Waals surface area contributed by atoms with Crippen LogP contribution in [0.2, 0.25) is 0 Å². The van der Waals surface area contributed by atoms with E-state index in [1.54, 1.807) is 14.2 Å². The number of nitrogens with zero attached hydrogens (tertiary/aromatic N) is 1. The second-order valence-electron chi connectivity index (χ2n) is 7.05. The first-order valence-electron chi connectivity index (χ1n) is 9.53. The second kappa shape index (κ2) is 11.1. The zero-order valence-electron chi connectivity index (χ0n) is 16.6. The van der Waals surface area contributed by atoms with Gasteiger partial charge in [-0.2, -0.15) is 0 Å². The number of anilines is 1. The van der Waals surface area contributed by atoms with Gasteiger partial charge in [0.15, 0.2) is 17.5 Å². The zero-order chi connectivity index (χ0) is 19.1. The first kappa shape index (κ1) is 22.3. The number of benzene rings is 2. The minimum atomic E-state index is 0. The molecular formula is C22H30IN3O2. The Hall–Kier alpha value is -1.96. The molecule has 1 aliphatic carbocycles. The maximum absolute atomic E-state index is 6.07. The molecule has 0 radical (unpaired) electrons. The van der Waals surface area contributed by atoms with Gasteiger partial charge >= 0.3 is 0 Å². The monoisotopic (exact) mass is 495 g/mol. The highest BCUT2D eigenvalue weighted by Gasteiger charge is 2.22. The van der Waals surface area contributed by atoms with Crippen LogP contribution >= 0.6 is 24.0 Å². The van der Waals surface area contributed by atoms with Gasteiger partial charge in [0.1, 0.15) is 0 Å². The molecule has 1 aliphatic rings. The van der Waals surface area contributed by atoms with Crippen molar-refractivity contribution in [2.45, 2.75) is 31.6 Å². The predicted octanol–water partition coefficient (Wildman–Crippen LogP) is 5.02. The summed E-state index contributed by atoms with van der Waals surface area (Å²) in [5, 5.41) is 3.13. The fourth-order valence-corrected chi connectivity index (χ4v) is 3.73. The molecule has 0 aliphatic heterocycles. The number of methoxy groups -OCH3 is 2. The van der Waals surface area contributed by atoms with Gasteiger partial charge in [-0.1, -0.05) is 30.3 Å². The fraction of sp³-hybridized carbons (Fsp3) is 0.409. The molecule has 2 aromatic carbocycles. The van der Waals surface area contributed by atoms with Crippen LogP contribution in [0.5, 0.6) is 11.5 Å². The van der Waals surface area contributed by atoms with Crippen molar-refractivity contribution in [2.75, 3.05) is 26.1 Å². The summed E-state index contributed by atoms with van der Waals surface area (Å²) in [5.41, 5.74) is 8.37. The average molecular weight is 495 g/mol. The lowest BCUT2D eigenvalue weighted by Crippen LogP contribution is -2.24. The summed E-state index contributed by atoms with van der Waals surface area (Å²) < 4.78 is 10.6. The number of hydrogen-bond donors (Lipinski definition) is 2. The fourth-order valence-electron chi connectivity index (χ4n) is 3.73. The first-order chi connectivity index (χ1) is 13.2. The van der Waals surface area contributed by atoms with Crippen molar-refractivity contribution >= 4 is 35.6 Å². The second-order valence-corrected chi connectivity index (χ2v) is 7.05. The summed E-state index contributed by atoms with van der Waals surface area (Å²) in [6.45, 7) is 0.771. The van der Waals surface area contributed by atoms with Crippen molar-refractivity contribution in [2.24, 2.45) is 16.6 Å². The number of hydrogen-bond acceptors (Lipinski definition) is 3. The van der Waals surface area contributed by atoms with Crippen LogP contribution in [0, 0.1) is 5.92 Å². The summed E-state index contributed by atoms with van der Waals surface area (Å²) in [6, 6.07) is 16.4. The number of nitrogens with one attached hydrogen (secondary N) is 1. The van der Waals surface area contributed by atoms with Gasteiger partial charge in [-0.3, -0.25) is 4.99 Å². The Kier molecular flexibility index (Phi) is 8.89. The van der Waals surface area contributed by atoms with Crippen molar-refractivity contribution in [1.29, 1.82) is 0 Å². The lowest BCUT2D eigenvalue weighted by Gasteiger charge is -2.28. The van der Waals surface area contributed by atoms with Crippen molar-refractivity contribution in [1.82, 2.24) is 0 Å². The van der Waals surface area contributed by atoms with Gasteiger partial charge in [-0.05, 0) is 55.2 Å². The number of ether oxygens (including phenoxy) is 2. The van der Waals surface area contributed by atoms with E-state index in [0.717, 1.165) is 12.2 Å². The highest BCUT2D eigenvalue weighted by Crippen LogP contribution is 2.35. The quantitative estimate of drug-likeness (QED) is 0.336. The van der Waals surface area contributed by atoms with Crippen LogP contribution in [0.1, 0.15) is 37.2 Å². The van der Waals surface area contributed by atoms with E-state index in [-0.39, 0.29) is 24.0 Å². The maximum Gasteiger partial charge on any atom is 0.193 e. The highest BCUT2D eigenvalue weighted by atomic mass is 127. The Morgan fingerprint density at radius 1 is 1.00 bits per heavy atom. The van der Waals surface area contributed by atoms with Crippen LogP contribution in [0.3, 0.4) is 0 Å². The number of rotatable bonds is 6. The van der Waals surface area contributed by atoms with Gasteiger partial charge in [0.05, 0.1) is 14.2 Å². The van der Waals surface area contributed by atoms with Gasteiger partial charge < -0.3 is 20.5 Å². The minimum Gasteiger partial charge on any atom is -0.493 e. The third kappa shape index (κ3) is 6.02. The molecule has 0 unspecified atom stereocenters. The summed E-state index contributed by atoms with van der Waals surface area (Å²) in [7, 11) is 3.23. The van der Waals surface area contributed by atoms with Gasteiger partial charge in [0.25, 0.3) is 0 Å². The molecule has 3 N–H and O–H groups in total. The third-order valence-electron chi connectivity index (χ3n) is 5.29. The van der Waals surface area contributed by atoms with Crippen molar-refractivity contribution in [3.8, 4) is 11.5 Å². The molecule has 0 atom stereocenters. The molecule has 2 aromatic rings. The molecule has 0 saturated heterocycles. The Morgan fingerprint density at radius 2 is 1.68 bits per heavy atom. The molecule has 6 heteroatoms. The van der Waals surface area contributed by atoms with Crippen LogP contribution in [0.4, 0.5) is 5.69 Å². The molecule has 152 valence electrons. The van der Waals surface area contributed by atoms with E-state index in [1.165, 1.54) is 31.2 Å². The van der Waals surface area contributed by atoms with E-state index in [0.29, 0.717) is 29.3 Å². The van der Waals surface area contributed by atoms with Crippen molar-refractivity contribution in [3.63, 3.8) is 0 Å². The molecule has 1 saturated carbocycles. The largest absolute Gasteiger partial charge is 0.493 e. The van der Waals surface area contributed by atoms with Crippen LogP contribution in [0.15, 0.2) is 53.5 Å². The van der Waals surface area contributed by atoms with E-state index in [9.17, 15) is 0 Å². The van der Waals surface area contributed by atoms with Crippen LogP contribution in [0.25, 0.3) is 0 Å². The molecule has 0 spiro atoms. The number of halogens is 1. The van der Waals surface area contributed by atoms with Gasteiger partial charge in [-0.25, -0.2) is 0 Å². The smallest absolute Gasteiger partial charge is 0.193 e. The van der Waals surface area contributed by atoms with E-state index in [1.807, 2.05) is 18.2 Å². The van der Waals surface area contributed by atoms with E-state index >= 15 is 0 Å². The standard InChI is InChI=1S/C22H29N3O2.HI/c1-26-20-13-12-19(14-21(20)27-2)25-22(23)24-15-16-8-10-18(11-9-16)17-6-4-3-5-7-17;/h3-7,12-14,16,18H,8-11,15H2,1-2H3,(H3,23,24,25);1H. The summed E-state index contributed by atoms with van der Waals surface area (Å²) in [4.78, 5) is 4.55. The number of nitrogens with two attached hydrogens (primary N) is 1. The summed E-state index contributed by atoms with van der Waals surface area (Å²) in [5.74, 6) is 3.08. The maximum atomic E-state index is 6.07. The SMILES string of the molecule is COc1ccc(NC(N)=NCC2CCC(c3ccccc3)CC2)cc1OC.I. The number of aliphatic imine (C=N–C) groups is 1. The Labute approximate surface area is 184 Å². The molecule has 3 rings (SSSR count). The Morgan fingerprint density at radius 3 is 2.32 bits per heavy atom. The van der Waals surface area contributed by atoms with E-state index in [2.05, 4.69) is 40.6 Å². The minimum absolute atomic E-state index is 0. The lowest BCUT2D eigenvalue weighted by atomic mass is 9.79. The third-order valence-corrected chi connectivity index (χ3v) is 5.29. The molecule has 0 aromatic heterocycles. The van der Waals surface area contributed by atoms with Gasteiger partial charge in [-0.15, -0.1) is 24.0 Å². The zero-order valence-corrected chi connectivity index (χ0v) is 18.9. The predicted molar refractivity (Wildman–Crippen MR) is 126 cm³/mol. The Balaban J connectivity index is 0.00000280. The molecule has 0 amide bonds. The first-order valence-corrected chi connectivity index (χ1v) is 9.53. The summed E-state index contributed by atoms with van der Waals surface area (Å²) in [6.07, 6.45) is 4.86. The van der Waals surface area contributed by atoms with E-state index in [4.69, 9.17) is 15.2 Å². The van der Waals surface area contributed by atoms with Crippen LogP contribution in [-0.4, -0.2) is 26.7 Å². The Bertz CT molecular complexity index is 760. The molecule has 0 heterocycles. The van der Waals surface area contributed by atoms with Crippen molar-refractivity contribution in [3.05, 3.63) is 54.1 Å². The molecular weight excluding hydrogens is 465 g/mol. The van der Waals surface area contributed by atoms with E-state index < -0.39 is 0 Å². The molecule has 1 fully saturated rings. The van der Waals surface area contributed by atoms with Crippen LogP contribution < -0.4 is 20.5 Å². The highest BCUT2D eigenvalue weighted by molar-refractivity contribution is 14.0. The molecule has 28 heavy (non-hydrogen) atoms. The van der Waals surface area contributed by atoms with Crippen molar-refractivity contribution < 1.29 is 9.47 Å². The number of guanidine groups is 1. The lowest BCUT2D eigenvalue weighted by molar-refractivity contribution is 0.333. The normalized spacial score (nSPS) is 19.4. The van der Waals surface area contributed by atoms with Gasteiger partial charge in [0, 0.05) is 18.3 Å². The van der Waals surface area contributed by atoms with Crippen LogP contribution in [-0.2, 0) is 0 Å². The average Bonchev–Trinajstić information content (AvgIpc) is 2.73.